The second kappa shape index (κ2) is 9.93. The Kier molecular flexibility index (Phi) is 6.39. The van der Waals surface area contributed by atoms with Crippen LogP contribution in [0.4, 0.5) is 4.39 Å². The number of esters is 1. The fraction of sp³-hybridized carbons (Fsp3) is 0.179. The molecule has 0 atom stereocenters. The number of allylic oxidation sites excluding steroid dienone is 1. The van der Waals surface area contributed by atoms with Gasteiger partial charge in [-0.3, -0.25) is 4.79 Å². The van der Waals surface area contributed by atoms with Crippen LogP contribution in [0.5, 0.6) is 0 Å². The van der Waals surface area contributed by atoms with Crippen molar-refractivity contribution in [3.8, 4) is 0 Å². The van der Waals surface area contributed by atoms with Crippen molar-refractivity contribution in [2.24, 2.45) is 0 Å². The summed E-state index contributed by atoms with van der Waals surface area (Å²) < 4.78 is 23.9. The molecule has 2 heterocycles. The average molecular weight is 471 g/mol. The zero-order valence-corrected chi connectivity index (χ0v) is 18.9. The van der Waals surface area contributed by atoms with Gasteiger partial charge in [0.25, 0.3) is 5.91 Å². The number of fused-ring (bicyclic) bond motifs is 2. The molecule has 0 aliphatic heterocycles. The van der Waals surface area contributed by atoms with Crippen molar-refractivity contribution in [2.45, 2.75) is 19.3 Å². The predicted molar refractivity (Wildman–Crippen MR) is 130 cm³/mol. The van der Waals surface area contributed by atoms with Gasteiger partial charge in [-0.25, -0.2) is 14.2 Å². The van der Waals surface area contributed by atoms with E-state index in [0.29, 0.717) is 35.9 Å². The van der Waals surface area contributed by atoms with Gasteiger partial charge in [0.05, 0.1) is 23.0 Å². The summed E-state index contributed by atoms with van der Waals surface area (Å²) in [7, 11) is 0. The van der Waals surface area contributed by atoms with E-state index in [4.69, 9.17) is 14.1 Å². The molecular formula is C28H23FN2O4. The fourth-order valence-electron chi connectivity index (χ4n) is 4.31. The summed E-state index contributed by atoms with van der Waals surface area (Å²) in [5.41, 5.74) is 4.62. The van der Waals surface area contributed by atoms with Crippen LogP contribution >= 0.6 is 0 Å². The van der Waals surface area contributed by atoms with Gasteiger partial charge in [-0.1, -0.05) is 30.3 Å². The molecule has 1 aliphatic carbocycles. The number of carbonyl (C=O) groups is 2. The number of amides is 1. The van der Waals surface area contributed by atoms with Gasteiger partial charge >= 0.3 is 5.97 Å². The van der Waals surface area contributed by atoms with Crippen molar-refractivity contribution in [2.75, 3.05) is 13.2 Å². The van der Waals surface area contributed by atoms with E-state index >= 15 is 0 Å². The lowest BCUT2D eigenvalue weighted by Crippen LogP contribution is -2.30. The minimum atomic E-state index is -0.548. The van der Waals surface area contributed by atoms with E-state index in [1.165, 1.54) is 12.1 Å². The standard InChI is InChI=1S/C28H23FN2O4/c29-20-10-7-18(8-11-20)13-14-30-25(32)17-35-28(33)26-22-5-1-2-6-24(22)31-27-19(9-12-23(26)27)16-21-4-3-15-34-21/h1-8,10-11,15-16H,9,12-14,17H2,(H,30,32). The molecule has 0 bridgehead atoms. The van der Waals surface area contributed by atoms with Crippen LogP contribution in [0.2, 0.25) is 0 Å². The molecule has 2 aromatic carbocycles. The summed E-state index contributed by atoms with van der Waals surface area (Å²) in [6, 6.07) is 17.2. The van der Waals surface area contributed by atoms with Crippen LogP contribution in [0.25, 0.3) is 22.6 Å². The maximum absolute atomic E-state index is 13.2. The lowest BCUT2D eigenvalue weighted by Gasteiger charge is -2.12. The highest BCUT2D eigenvalue weighted by molar-refractivity contribution is 6.07. The Morgan fingerprint density at radius 2 is 1.89 bits per heavy atom. The molecule has 0 saturated carbocycles. The van der Waals surface area contributed by atoms with Gasteiger partial charge < -0.3 is 14.5 Å². The number of para-hydroxylation sites is 1. The first-order chi connectivity index (χ1) is 17.1. The van der Waals surface area contributed by atoms with Crippen LogP contribution in [-0.2, 0) is 22.4 Å². The molecule has 1 amide bonds. The maximum Gasteiger partial charge on any atom is 0.339 e. The topological polar surface area (TPSA) is 81.4 Å². The van der Waals surface area contributed by atoms with E-state index in [2.05, 4.69) is 5.32 Å². The van der Waals surface area contributed by atoms with Crippen LogP contribution in [0.1, 0.15) is 39.4 Å². The van der Waals surface area contributed by atoms with Crippen molar-refractivity contribution in [3.63, 3.8) is 0 Å². The highest BCUT2D eigenvalue weighted by atomic mass is 19.1. The first kappa shape index (κ1) is 22.5. The largest absolute Gasteiger partial charge is 0.465 e. The molecule has 5 rings (SSSR count). The van der Waals surface area contributed by atoms with E-state index in [9.17, 15) is 14.0 Å². The normalized spacial score (nSPS) is 13.7. The fourth-order valence-corrected chi connectivity index (χ4v) is 4.31. The zero-order valence-electron chi connectivity index (χ0n) is 18.9. The first-order valence-corrected chi connectivity index (χ1v) is 11.4. The molecule has 2 aromatic heterocycles. The Morgan fingerprint density at radius 3 is 2.69 bits per heavy atom. The van der Waals surface area contributed by atoms with Crippen molar-refractivity contribution < 1.29 is 23.1 Å². The lowest BCUT2D eigenvalue weighted by atomic mass is 10.0. The van der Waals surface area contributed by atoms with Crippen molar-refractivity contribution in [3.05, 3.63) is 101 Å². The molecule has 0 radical (unpaired) electrons. The van der Waals surface area contributed by atoms with E-state index < -0.39 is 11.9 Å². The Balaban J connectivity index is 1.30. The van der Waals surface area contributed by atoms with Crippen LogP contribution in [0.3, 0.4) is 0 Å². The minimum absolute atomic E-state index is 0.302. The van der Waals surface area contributed by atoms with Gasteiger partial charge in [0, 0.05) is 11.9 Å². The monoisotopic (exact) mass is 470 g/mol. The second-order valence-corrected chi connectivity index (χ2v) is 8.32. The van der Waals surface area contributed by atoms with Crippen LogP contribution in [0.15, 0.2) is 71.3 Å². The average Bonchev–Trinajstić information content (AvgIpc) is 3.53. The summed E-state index contributed by atoms with van der Waals surface area (Å²) in [4.78, 5) is 30.3. The molecule has 1 aliphatic rings. The highest BCUT2D eigenvalue weighted by Gasteiger charge is 2.28. The maximum atomic E-state index is 13.2. The third-order valence-corrected chi connectivity index (χ3v) is 5.99. The molecule has 0 unspecified atom stereocenters. The summed E-state index contributed by atoms with van der Waals surface area (Å²) in [6.07, 6.45) is 5.48. The van der Waals surface area contributed by atoms with Crippen molar-refractivity contribution in [1.82, 2.24) is 10.3 Å². The molecule has 0 fully saturated rings. The van der Waals surface area contributed by atoms with Crippen LogP contribution < -0.4 is 5.32 Å². The number of furan rings is 1. The molecule has 0 saturated heterocycles. The number of carbonyl (C=O) groups excluding carboxylic acids is 2. The number of nitrogens with one attached hydrogen (secondary N) is 1. The van der Waals surface area contributed by atoms with Gasteiger partial charge in [-0.05, 0) is 72.4 Å². The molecule has 4 aromatic rings. The van der Waals surface area contributed by atoms with Gasteiger partial charge in [0.2, 0.25) is 0 Å². The lowest BCUT2D eigenvalue weighted by molar-refractivity contribution is -0.124. The number of aromatic nitrogens is 1. The van der Waals surface area contributed by atoms with Crippen molar-refractivity contribution in [1.29, 1.82) is 0 Å². The number of hydrogen-bond donors (Lipinski definition) is 1. The predicted octanol–water partition coefficient (Wildman–Crippen LogP) is 4.97. The van der Waals surface area contributed by atoms with Gasteiger partial charge in [-0.2, -0.15) is 0 Å². The molecule has 35 heavy (non-hydrogen) atoms. The SMILES string of the molecule is O=C(COC(=O)c1c2c(nc3ccccc13)C(=Cc1ccco1)CC2)NCCc1ccc(F)cc1. The van der Waals surface area contributed by atoms with Gasteiger partial charge in [0.1, 0.15) is 11.6 Å². The molecule has 176 valence electrons. The minimum Gasteiger partial charge on any atom is -0.465 e. The third kappa shape index (κ3) is 4.99. The summed E-state index contributed by atoms with van der Waals surface area (Å²) in [5, 5.41) is 3.43. The quantitative estimate of drug-likeness (QED) is 0.386. The second-order valence-electron chi connectivity index (χ2n) is 8.32. The van der Waals surface area contributed by atoms with Crippen LogP contribution in [0, 0.1) is 5.82 Å². The zero-order chi connectivity index (χ0) is 24.2. The van der Waals surface area contributed by atoms with Gasteiger partial charge in [-0.15, -0.1) is 0 Å². The third-order valence-electron chi connectivity index (χ3n) is 5.99. The number of halogens is 1. The van der Waals surface area contributed by atoms with Crippen LogP contribution in [-0.4, -0.2) is 30.0 Å². The number of benzene rings is 2. The van der Waals surface area contributed by atoms with E-state index in [1.807, 2.05) is 42.5 Å². The summed E-state index contributed by atoms with van der Waals surface area (Å²) in [6.45, 7) is -0.0285. The molecule has 6 nitrogen and oxygen atoms in total. The Labute approximate surface area is 201 Å². The highest BCUT2D eigenvalue weighted by Crippen LogP contribution is 2.37. The number of nitrogens with zero attached hydrogens (tertiary/aromatic N) is 1. The summed E-state index contributed by atoms with van der Waals surface area (Å²) in [5.74, 6) is -0.519. The van der Waals surface area contributed by atoms with Crippen molar-refractivity contribution >= 4 is 34.4 Å². The first-order valence-electron chi connectivity index (χ1n) is 11.4. The summed E-state index contributed by atoms with van der Waals surface area (Å²) >= 11 is 0. The van der Waals surface area contributed by atoms with E-state index in [0.717, 1.165) is 34.6 Å². The Bertz CT molecular complexity index is 1410. The number of rotatable bonds is 7. The van der Waals surface area contributed by atoms with E-state index in [1.54, 1.807) is 18.4 Å². The number of hydrogen-bond acceptors (Lipinski definition) is 5. The van der Waals surface area contributed by atoms with E-state index in [-0.39, 0.29) is 12.4 Å². The Morgan fingerprint density at radius 1 is 1.06 bits per heavy atom. The molecule has 0 spiro atoms. The molecular weight excluding hydrogens is 447 g/mol. The molecule has 7 heteroatoms. The van der Waals surface area contributed by atoms with Gasteiger partial charge in [0.15, 0.2) is 6.61 Å². The smallest absolute Gasteiger partial charge is 0.339 e. The Hall–Kier alpha value is -4.26. The number of ether oxygens (including phenoxy) is 1. The molecule has 1 N–H and O–H groups in total. The number of pyridine rings is 1.